The molecule has 6 nitrogen and oxygen atoms in total. The van der Waals surface area contributed by atoms with Crippen LogP contribution in [-0.2, 0) is 24.0 Å². The monoisotopic (exact) mass is 287 g/mol. The zero-order valence-corrected chi connectivity index (χ0v) is 11.8. The average molecular weight is 287 g/mol. The summed E-state index contributed by atoms with van der Waals surface area (Å²) in [5.41, 5.74) is 0.830. The van der Waals surface area contributed by atoms with Crippen molar-refractivity contribution >= 4 is 10.3 Å². The number of rotatable bonds is 4. The van der Waals surface area contributed by atoms with E-state index in [1.807, 2.05) is 30.3 Å². The van der Waals surface area contributed by atoms with E-state index in [-0.39, 0.29) is 0 Å². The fourth-order valence-electron chi connectivity index (χ4n) is 1.92. The van der Waals surface area contributed by atoms with E-state index in [0.717, 1.165) is 12.7 Å². The second kappa shape index (κ2) is 5.18. The quantitative estimate of drug-likeness (QED) is 0.904. The Morgan fingerprint density at radius 1 is 1.21 bits per heavy atom. The molecule has 0 aliphatic carbocycles. The van der Waals surface area contributed by atoms with Crippen molar-refractivity contribution in [2.24, 2.45) is 0 Å². The molecule has 1 fully saturated rings. The molecule has 0 saturated carbocycles. The molecule has 0 aromatic heterocycles. The molecule has 1 aliphatic heterocycles. The summed E-state index contributed by atoms with van der Waals surface area (Å²) >= 11 is 0. The average Bonchev–Trinajstić information content (AvgIpc) is 2.65. The molecule has 0 radical (unpaired) electrons. The summed E-state index contributed by atoms with van der Waals surface area (Å²) in [6, 6.07) is 9.28. The molecular formula is C12H17NO5S. The van der Waals surface area contributed by atoms with Crippen LogP contribution in [0.15, 0.2) is 30.3 Å². The fraction of sp³-hybridized carbons (Fsp3) is 0.500. The number of hydrogen-bond donors (Lipinski definition) is 1. The van der Waals surface area contributed by atoms with E-state index >= 15 is 0 Å². The summed E-state index contributed by atoms with van der Waals surface area (Å²) in [6.45, 7) is 3.45. The zero-order chi connectivity index (χ0) is 14.1. The molecular weight excluding hydrogens is 270 g/mol. The molecule has 1 aromatic rings. The highest BCUT2D eigenvalue weighted by Crippen LogP contribution is 2.37. The van der Waals surface area contributed by atoms with Gasteiger partial charge in [-0.25, -0.2) is 0 Å². The lowest BCUT2D eigenvalue weighted by Crippen LogP contribution is -2.39. The molecule has 1 aromatic carbocycles. The summed E-state index contributed by atoms with van der Waals surface area (Å²) in [4.78, 5) is 0. The van der Waals surface area contributed by atoms with E-state index in [4.69, 9.17) is 9.47 Å². The van der Waals surface area contributed by atoms with Crippen molar-refractivity contribution in [2.75, 3.05) is 7.11 Å². The van der Waals surface area contributed by atoms with Crippen LogP contribution in [0.2, 0.25) is 0 Å². The highest BCUT2D eigenvalue weighted by Gasteiger charge is 2.43. The van der Waals surface area contributed by atoms with Gasteiger partial charge in [-0.2, -0.15) is 13.1 Å². The first-order chi connectivity index (χ1) is 8.83. The van der Waals surface area contributed by atoms with Crippen molar-refractivity contribution in [1.29, 1.82) is 0 Å². The molecule has 0 bridgehead atoms. The summed E-state index contributed by atoms with van der Waals surface area (Å²) in [5.74, 6) is -0.874. The van der Waals surface area contributed by atoms with Crippen molar-refractivity contribution in [3.63, 3.8) is 0 Å². The van der Waals surface area contributed by atoms with Gasteiger partial charge >= 0.3 is 10.3 Å². The minimum Gasteiger partial charge on any atom is -0.338 e. The summed E-state index contributed by atoms with van der Waals surface area (Å²) in [5, 5.41) is 0. The Balaban J connectivity index is 2.25. The van der Waals surface area contributed by atoms with Gasteiger partial charge < -0.3 is 9.47 Å². The minimum absolute atomic E-state index is 0.527. The van der Waals surface area contributed by atoms with Gasteiger partial charge in [-0.05, 0) is 19.4 Å². The summed E-state index contributed by atoms with van der Waals surface area (Å²) in [7, 11) is -2.76. The van der Waals surface area contributed by atoms with Crippen molar-refractivity contribution in [3.05, 3.63) is 35.9 Å². The third-order valence-electron chi connectivity index (χ3n) is 2.70. The maximum Gasteiger partial charge on any atom is 0.337 e. The summed E-state index contributed by atoms with van der Waals surface area (Å²) < 4.78 is 40.9. The summed E-state index contributed by atoms with van der Waals surface area (Å²) in [6.07, 6.45) is -1.36. The molecule has 1 saturated heterocycles. The first-order valence-corrected chi connectivity index (χ1v) is 7.22. The van der Waals surface area contributed by atoms with Gasteiger partial charge in [0, 0.05) is 0 Å². The third-order valence-corrected chi connectivity index (χ3v) is 3.66. The highest BCUT2D eigenvalue weighted by atomic mass is 32.2. The Labute approximate surface area is 112 Å². The number of nitrogens with one attached hydrogen (secondary N) is 1. The largest absolute Gasteiger partial charge is 0.338 e. The molecule has 19 heavy (non-hydrogen) atoms. The lowest BCUT2D eigenvalue weighted by Gasteiger charge is -2.17. The van der Waals surface area contributed by atoms with Crippen molar-refractivity contribution in [3.8, 4) is 0 Å². The fourth-order valence-corrected chi connectivity index (χ4v) is 2.48. The van der Waals surface area contributed by atoms with Crippen molar-refractivity contribution < 1.29 is 22.1 Å². The first kappa shape index (κ1) is 14.4. The molecule has 0 spiro atoms. The molecule has 7 heteroatoms. The molecule has 2 rings (SSSR count). The van der Waals surface area contributed by atoms with Crippen LogP contribution in [0.3, 0.4) is 0 Å². The zero-order valence-electron chi connectivity index (χ0n) is 11.0. The van der Waals surface area contributed by atoms with Crippen LogP contribution in [-0.4, -0.2) is 27.5 Å². The Bertz CT molecular complexity index is 528. The minimum atomic E-state index is -3.85. The molecule has 1 aliphatic rings. The van der Waals surface area contributed by atoms with Crippen LogP contribution in [0.4, 0.5) is 0 Å². The van der Waals surface area contributed by atoms with Crippen LogP contribution in [0, 0.1) is 0 Å². The van der Waals surface area contributed by atoms with Crippen LogP contribution in [0.1, 0.15) is 25.5 Å². The van der Waals surface area contributed by atoms with Gasteiger partial charge in [-0.3, -0.25) is 4.18 Å². The van der Waals surface area contributed by atoms with Gasteiger partial charge in [0.2, 0.25) is 0 Å². The Hall–Kier alpha value is -0.990. The Morgan fingerprint density at radius 3 is 2.42 bits per heavy atom. The number of ether oxygens (including phenoxy) is 2. The van der Waals surface area contributed by atoms with E-state index in [9.17, 15) is 8.42 Å². The second-order valence-electron chi connectivity index (χ2n) is 4.63. The third kappa shape index (κ3) is 3.52. The molecule has 2 atom stereocenters. The normalized spacial score (nSPS) is 26.5. The number of hydrogen-bond acceptors (Lipinski definition) is 5. The predicted octanol–water partition coefficient (Wildman–Crippen LogP) is 1.32. The maximum atomic E-state index is 11.5. The van der Waals surface area contributed by atoms with Crippen molar-refractivity contribution in [2.45, 2.75) is 32.0 Å². The van der Waals surface area contributed by atoms with E-state index in [1.165, 1.54) is 0 Å². The van der Waals surface area contributed by atoms with Gasteiger partial charge in [0.1, 0.15) is 6.10 Å². The van der Waals surface area contributed by atoms with E-state index in [1.54, 1.807) is 13.8 Å². The van der Waals surface area contributed by atoms with Crippen LogP contribution >= 0.6 is 0 Å². The lowest BCUT2D eigenvalue weighted by molar-refractivity contribution is -0.147. The molecule has 0 unspecified atom stereocenters. The maximum absolute atomic E-state index is 11.5. The molecule has 1 N–H and O–H groups in total. The van der Waals surface area contributed by atoms with Gasteiger partial charge in [0.05, 0.1) is 7.11 Å². The van der Waals surface area contributed by atoms with E-state index < -0.39 is 28.4 Å². The molecule has 106 valence electrons. The van der Waals surface area contributed by atoms with Gasteiger partial charge in [0.25, 0.3) is 0 Å². The van der Waals surface area contributed by atoms with Crippen molar-refractivity contribution in [1.82, 2.24) is 4.72 Å². The predicted molar refractivity (Wildman–Crippen MR) is 68.3 cm³/mol. The second-order valence-corrected chi connectivity index (χ2v) is 6.10. The Kier molecular flexibility index (Phi) is 3.93. The first-order valence-electron chi connectivity index (χ1n) is 5.81. The SMILES string of the molecule is COS(=O)(=O)N[C@H]1OC(C)(C)O[C@H]1c1ccccc1. The topological polar surface area (TPSA) is 73.9 Å². The van der Waals surface area contributed by atoms with E-state index in [0.29, 0.717) is 0 Å². The van der Waals surface area contributed by atoms with Gasteiger partial charge in [-0.15, -0.1) is 0 Å². The Morgan fingerprint density at radius 2 is 1.84 bits per heavy atom. The standard InChI is InChI=1S/C12H17NO5S/c1-12(2)17-10(9-7-5-4-6-8-9)11(18-12)13-19(14,15)16-3/h4-8,10-11,13H,1-3H3/t10-,11-/m0/s1. The molecule has 0 amide bonds. The van der Waals surface area contributed by atoms with Gasteiger partial charge in [-0.1, -0.05) is 30.3 Å². The van der Waals surface area contributed by atoms with Crippen LogP contribution in [0.5, 0.6) is 0 Å². The van der Waals surface area contributed by atoms with E-state index in [2.05, 4.69) is 8.91 Å². The highest BCUT2D eigenvalue weighted by molar-refractivity contribution is 7.84. The number of benzene rings is 1. The smallest absolute Gasteiger partial charge is 0.337 e. The van der Waals surface area contributed by atoms with Gasteiger partial charge in [0.15, 0.2) is 12.0 Å². The van der Waals surface area contributed by atoms with Crippen LogP contribution < -0.4 is 4.72 Å². The van der Waals surface area contributed by atoms with Crippen LogP contribution in [0.25, 0.3) is 0 Å². The molecule has 1 heterocycles. The lowest BCUT2D eigenvalue weighted by atomic mass is 10.1.